The van der Waals surface area contributed by atoms with E-state index in [0.29, 0.717) is 6.42 Å². The zero-order chi connectivity index (χ0) is 15.6. The van der Waals surface area contributed by atoms with E-state index in [9.17, 15) is 4.79 Å². The number of esters is 1. The number of hydrogen-bond donors (Lipinski definition) is 0. The summed E-state index contributed by atoms with van der Waals surface area (Å²) in [6.45, 7) is 0. The van der Waals surface area contributed by atoms with E-state index in [2.05, 4.69) is 47.2 Å². The number of ether oxygens (including phenoxy) is 1. The first kappa shape index (κ1) is 16.8. The van der Waals surface area contributed by atoms with Gasteiger partial charge in [0.25, 0.3) is 0 Å². The summed E-state index contributed by atoms with van der Waals surface area (Å²) in [6, 6.07) is 15.2. The third-order valence-corrected chi connectivity index (χ3v) is 4.94. The number of aryl methyl sites for hydroxylation is 3. The minimum atomic E-state index is -0.104. The number of carbonyl (C=O) groups is 1. The highest BCUT2D eigenvalue weighted by atomic mass is 32.1. The fourth-order valence-corrected chi connectivity index (χ4v) is 3.57. The second kappa shape index (κ2) is 9.42. The molecule has 0 bridgehead atoms. The Morgan fingerprint density at radius 2 is 1.59 bits per heavy atom. The quantitative estimate of drug-likeness (QED) is 0.490. The Balaban J connectivity index is 1.65. The fourth-order valence-electron chi connectivity index (χ4n) is 2.47. The maximum atomic E-state index is 11.0. The highest BCUT2D eigenvalue weighted by molar-refractivity contribution is 7.11. The van der Waals surface area contributed by atoms with Gasteiger partial charge in [0.05, 0.1) is 7.11 Å². The number of rotatable bonds is 9. The van der Waals surface area contributed by atoms with Crippen LogP contribution in [0.15, 0.2) is 42.5 Å². The zero-order valence-electron chi connectivity index (χ0n) is 13.2. The lowest BCUT2D eigenvalue weighted by atomic mass is 10.1. The number of carbonyl (C=O) groups excluding carboxylic acids is 1. The number of benzene rings is 1. The standard InChI is InChI=1S/C19H24O2S/c1-21-19(20)13-6-5-11-17-14-15-18(22-17)12-7-10-16-8-3-2-4-9-16/h2-4,8-9,14-15H,5-7,10-13H2,1H3. The van der Waals surface area contributed by atoms with Crippen LogP contribution >= 0.6 is 11.3 Å². The van der Waals surface area contributed by atoms with Gasteiger partial charge in [0.2, 0.25) is 0 Å². The summed E-state index contributed by atoms with van der Waals surface area (Å²) in [5.74, 6) is -0.104. The molecule has 0 aliphatic heterocycles. The van der Waals surface area contributed by atoms with E-state index >= 15 is 0 Å². The molecule has 2 rings (SSSR count). The van der Waals surface area contributed by atoms with Crippen molar-refractivity contribution in [1.29, 1.82) is 0 Å². The summed E-state index contributed by atoms with van der Waals surface area (Å²) < 4.78 is 4.65. The lowest BCUT2D eigenvalue weighted by Gasteiger charge is -2.00. The molecule has 22 heavy (non-hydrogen) atoms. The third kappa shape index (κ3) is 6.02. The lowest BCUT2D eigenvalue weighted by molar-refractivity contribution is -0.140. The Bertz CT molecular complexity index is 560. The molecular formula is C19H24O2S. The first-order chi connectivity index (χ1) is 10.8. The average Bonchev–Trinajstić information content (AvgIpc) is 3.00. The van der Waals surface area contributed by atoms with Crippen LogP contribution in [0.4, 0.5) is 0 Å². The largest absolute Gasteiger partial charge is 0.469 e. The first-order valence-corrected chi connectivity index (χ1v) is 8.78. The summed E-state index contributed by atoms with van der Waals surface area (Å²) in [4.78, 5) is 13.9. The van der Waals surface area contributed by atoms with Gasteiger partial charge < -0.3 is 4.74 Å². The Hall–Kier alpha value is -1.61. The van der Waals surface area contributed by atoms with Crippen molar-refractivity contribution in [2.45, 2.75) is 44.9 Å². The molecule has 3 heteroatoms. The molecule has 0 amide bonds. The van der Waals surface area contributed by atoms with Crippen molar-refractivity contribution in [3.05, 3.63) is 57.8 Å². The van der Waals surface area contributed by atoms with Gasteiger partial charge in [-0.25, -0.2) is 0 Å². The summed E-state index contributed by atoms with van der Waals surface area (Å²) in [5.41, 5.74) is 1.42. The van der Waals surface area contributed by atoms with E-state index in [1.54, 1.807) is 0 Å². The smallest absolute Gasteiger partial charge is 0.305 e. The third-order valence-electron chi connectivity index (χ3n) is 3.73. The highest BCUT2D eigenvalue weighted by Gasteiger charge is 2.03. The number of methoxy groups -OCH3 is 1. The van der Waals surface area contributed by atoms with Crippen LogP contribution in [0, 0.1) is 0 Å². The SMILES string of the molecule is COC(=O)CCCCc1ccc(CCCc2ccccc2)s1. The number of thiophene rings is 1. The summed E-state index contributed by atoms with van der Waals surface area (Å²) in [5, 5.41) is 0. The van der Waals surface area contributed by atoms with Crippen molar-refractivity contribution in [2.75, 3.05) is 7.11 Å². The Kier molecular flexibility index (Phi) is 7.17. The first-order valence-electron chi connectivity index (χ1n) is 7.96. The van der Waals surface area contributed by atoms with Crippen molar-refractivity contribution in [3.8, 4) is 0 Å². The van der Waals surface area contributed by atoms with E-state index < -0.39 is 0 Å². The predicted molar refractivity (Wildman–Crippen MR) is 92.4 cm³/mol. The van der Waals surface area contributed by atoms with Crippen molar-refractivity contribution in [3.63, 3.8) is 0 Å². The second-order valence-corrected chi connectivity index (χ2v) is 6.74. The topological polar surface area (TPSA) is 26.3 Å². The van der Waals surface area contributed by atoms with Crippen molar-refractivity contribution < 1.29 is 9.53 Å². The van der Waals surface area contributed by atoms with Gasteiger partial charge >= 0.3 is 5.97 Å². The molecule has 0 atom stereocenters. The van der Waals surface area contributed by atoms with Crippen molar-refractivity contribution in [1.82, 2.24) is 0 Å². The Morgan fingerprint density at radius 3 is 2.27 bits per heavy atom. The molecule has 0 aliphatic rings. The van der Waals surface area contributed by atoms with Crippen LogP contribution in [0.2, 0.25) is 0 Å². The van der Waals surface area contributed by atoms with Gasteiger partial charge in [-0.2, -0.15) is 0 Å². The fraction of sp³-hybridized carbons (Fsp3) is 0.421. The lowest BCUT2D eigenvalue weighted by Crippen LogP contribution is -1.99. The minimum absolute atomic E-state index is 0.104. The normalized spacial score (nSPS) is 10.6. The molecule has 0 saturated heterocycles. The number of hydrogen-bond acceptors (Lipinski definition) is 3. The monoisotopic (exact) mass is 316 g/mol. The van der Waals surface area contributed by atoms with Crippen LogP contribution in [-0.2, 0) is 28.8 Å². The molecular weight excluding hydrogens is 292 g/mol. The molecule has 0 aliphatic carbocycles. The van der Waals surface area contributed by atoms with Gasteiger partial charge in [-0.1, -0.05) is 30.3 Å². The van der Waals surface area contributed by atoms with Gasteiger partial charge in [-0.15, -0.1) is 11.3 Å². The molecule has 0 fully saturated rings. The van der Waals surface area contributed by atoms with Crippen molar-refractivity contribution >= 4 is 17.3 Å². The number of unbranched alkanes of at least 4 members (excludes halogenated alkanes) is 1. The summed E-state index contributed by atoms with van der Waals surface area (Å²) in [6.07, 6.45) is 7.07. The highest BCUT2D eigenvalue weighted by Crippen LogP contribution is 2.21. The zero-order valence-corrected chi connectivity index (χ0v) is 14.0. The maximum Gasteiger partial charge on any atom is 0.305 e. The maximum absolute atomic E-state index is 11.0. The molecule has 1 aromatic heterocycles. The molecule has 1 heterocycles. The summed E-state index contributed by atoms with van der Waals surface area (Å²) in [7, 11) is 1.45. The van der Waals surface area contributed by atoms with E-state index in [1.165, 1.54) is 28.8 Å². The molecule has 0 unspecified atom stereocenters. The molecule has 1 aromatic carbocycles. The predicted octanol–water partition coefficient (Wildman–Crippen LogP) is 4.81. The van der Waals surface area contributed by atoms with Gasteiger partial charge in [0.15, 0.2) is 0 Å². The summed E-state index contributed by atoms with van der Waals surface area (Å²) >= 11 is 1.92. The van der Waals surface area contributed by atoms with Crippen LogP contribution < -0.4 is 0 Å². The molecule has 0 saturated carbocycles. The van der Waals surface area contributed by atoms with Crippen LogP contribution in [0.1, 0.15) is 41.0 Å². The second-order valence-electron chi connectivity index (χ2n) is 5.49. The van der Waals surface area contributed by atoms with E-state index in [-0.39, 0.29) is 5.97 Å². The van der Waals surface area contributed by atoms with Gasteiger partial charge in [0.1, 0.15) is 0 Å². The van der Waals surface area contributed by atoms with E-state index in [0.717, 1.165) is 32.1 Å². The van der Waals surface area contributed by atoms with Crippen LogP contribution in [0.25, 0.3) is 0 Å². The Labute approximate surface area is 137 Å². The van der Waals surface area contributed by atoms with Crippen LogP contribution in [0.5, 0.6) is 0 Å². The molecule has 0 N–H and O–H groups in total. The van der Waals surface area contributed by atoms with Gasteiger partial charge in [-0.3, -0.25) is 4.79 Å². The average molecular weight is 316 g/mol. The van der Waals surface area contributed by atoms with Crippen LogP contribution in [-0.4, -0.2) is 13.1 Å². The van der Waals surface area contributed by atoms with Gasteiger partial charge in [0, 0.05) is 16.2 Å². The van der Waals surface area contributed by atoms with Crippen molar-refractivity contribution in [2.24, 2.45) is 0 Å². The van der Waals surface area contributed by atoms with Crippen LogP contribution in [0.3, 0.4) is 0 Å². The molecule has 2 nitrogen and oxygen atoms in total. The molecule has 118 valence electrons. The van der Waals surface area contributed by atoms with E-state index in [1.807, 2.05) is 11.3 Å². The minimum Gasteiger partial charge on any atom is -0.469 e. The van der Waals surface area contributed by atoms with E-state index in [4.69, 9.17) is 0 Å². The molecule has 0 radical (unpaired) electrons. The molecule has 2 aromatic rings. The van der Waals surface area contributed by atoms with Gasteiger partial charge in [-0.05, 0) is 56.2 Å². The Morgan fingerprint density at radius 1 is 0.909 bits per heavy atom. The molecule has 0 spiro atoms.